The predicted molar refractivity (Wildman–Crippen MR) is 59.4 cm³/mol. The van der Waals surface area contributed by atoms with Crippen molar-refractivity contribution in [1.82, 2.24) is 15.5 Å². The molecule has 2 N–H and O–H groups in total. The van der Waals surface area contributed by atoms with Gasteiger partial charge in [-0.15, -0.1) is 24.8 Å². The standard InChI is InChI=1S/C8H13N3O.2ClH/c1-6-4-10-11-8(6)7-5-9-2-3-12-7;;/h4,7,9H,2-3,5H2,1H3,(H,10,11);2*1H. The zero-order valence-corrected chi connectivity index (χ0v) is 9.58. The molecule has 14 heavy (non-hydrogen) atoms. The third-order valence-electron chi connectivity index (χ3n) is 2.12. The smallest absolute Gasteiger partial charge is 0.112 e. The van der Waals surface area contributed by atoms with Crippen LogP contribution in [0, 0.1) is 6.92 Å². The lowest BCUT2D eigenvalue weighted by Crippen LogP contribution is -2.33. The quantitative estimate of drug-likeness (QED) is 0.776. The van der Waals surface area contributed by atoms with Crippen LogP contribution in [0.3, 0.4) is 0 Å². The van der Waals surface area contributed by atoms with Gasteiger partial charge >= 0.3 is 0 Å². The molecule has 0 amide bonds. The molecule has 1 aliphatic rings. The number of halogens is 2. The van der Waals surface area contributed by atoms with Crippen LogP contribution in [0.5, 0.6) is 0 Å². The number of morpholine rings is 1. The summed E-state index contributed by atoms with van der Waals surface area (Å²) in [5, 5.41) is 10.2. The minimum absolute atomic E-state index is 0. The van der Waals surface area contributed by atoms with Crippen molar-refractivity contribution in [2.24, 2.45) is 0 Å². The van der Waals surface area contributed by atoms with Crippen LogP contribution in [0.4, 0.5) is 0 Å². The number of hydrogen-bond acceptors (Lipinski definition) is 3. The summed E-state index contributed by atoms with van der Waals surface area (Å²) in [4.78, 5) is 0. The number of hydrogen-bond donors (Lipinski definition) is 2. The molecular formula is C8H15Cl2N3O. The molecule has 0 saturated carbocycles. The van der Waals surface area contributed by atoms with Gasteiger partial charge in [-0.2, -0.15) is 5.10 Å². The van der Waals surface area contributed by atoms with E-state index < -0.39 is 0 Å². The number of nitrogens with one attached hydrogen (secondary N) is 2. The normalized spacial score (nSPS) is 20.8. The Morgan fingerprint density at radius 3 is 2.79 bits per heavy atom. The van der Waals surface area contributed by atoms with Crippen LogP contribution >= 0.6 is 24.8 Å². The van der Waals surface area contributed by atoms with E-state index in [2.05, 4.69) is 15.5 Å². The Bertz CT molecular complexity index is 261. The van der Waals surface area contributed by atoms with Gasteiger partial charge in [0.1, 0.15) is 6.10 Å². The van der Waals surface area contributed by atoms with E-state index in [0.29, 0.717) is 0 Å². The molecule has 0 radical (unpaired) electrons. The van der Waals surface area contributed by atoms with Gasteiger partial charge in [0.15, 0.2) is 0 Å². The highest BCUT2D eigenvalue weighted by Gasteiger charge is 2.18. The fourth-order valence-corrected chi connectivity index (χ4v) is 1.43. The van der Waals surface area contributed by atoms with Crippen molar-refractivity contribution in [2.45, 2.75) is 13.0 Å². The molecule has 2 rings (SSSR count). The average Bonchev–Trinajstić information content (AvgIpc) is 2.53. The molecular weight excluding hydrogens is 225 g/mol. The van der Waals surface area contributed by atoms with Crippen molar-refractivity contribution in [3.05, 3.63) is 17.5 Å². The monoisotopic (exact) mass is 239 g/mol. The van der Waals surface area contributed by atoms with E-state index in [1.54, 1.807) is 0 Å². The van der Waals surface area contributed by atoms with E-state index in [1.165, 1.54) is 5.56 Å². The minimum atomic E-state index is 0. The molecule has 1 atom stereocenters. The highest BCUT2D eigenvalue weighted by Crippen LogP contribution is 2.18. The van der Waals surface area contributed by atoms with Crippen LogP contribution in [0.2, 0.25) is 0 Å². The van der Waals surface area contributed by atoms with E-state index in [-0.39, 0.29) is 30.9 Å². The van der Waals surface area contributed by atoms with Gasteiger partial charge in [-0.3, -0.25) is 5.10 Å². The van der Waals surface area contributed by atoms with Gasteiger partial charge in [0.2, 0.25) is 0 Å². The van der Waals surface area contributed by atoms with Gasteiger partial charge in [-0.1, -0.05) is 0 Å². The molecule has 2 heterocycles. The van der Waals surface area contributed by atoms with Crippen molar-refractivity contribution < 1.29 is 4.74 Å². The van der Waals surface area contributed by atoms with Crippen LogP contribution in [-0.4, -0.2) is 29.9 Å². The molecule has 1 aromatic rings. The molecule has 0 spiro atoms. The van der Waals surface area contributed by atoms with E-state index in [4.69, 9.17) is 4.74 Å². The van der Waals surface area contributed by atoms with Crippen molar-refractivity contribution in [2.75, 3.05) is 19.7 Å². The first-order valence-corrected chi connectivity index (χ1v) is 4.20. The maximum atomic E-state index is 5.57. The maximum Gasteiger partial charge on any atom is 0.112 e. The van der Waals surface area contributed by atoms with E-state index in [0.717, 1.165) is 25.4 Å². The second-order valence-electron chi connectivity index (χ2n) is 3.03. The molecule has 4 nitrogen and oxygen atoms in total. The van der Waals surface area contributed by atoms with Crippen LogP contribution in [0.25, 0.3) is 0 Å². The lowest BCUT2D eigenvalue weighted by Gasteiger charge is -2.22. The highest BCUT2D eigenvalue weighted by atomic mass is 35.5. The van der Waals surface area contributed by atoms with Gasteiger partial charge < -0.3 is 10.1 Å². The number of aromatic amines is 1. The predicted octanol–water partition coefficient (Wildman–Crippen LogP) is 1.22. The number of ether oxygens (including phenoxy) is 1. The van der Waals surface area contributed by atoms with Crippen LogP contribution < -0.4 is 5.32 Å². The third kappa shape index (κ3) is 2.85. The van der Waals surface area contributed by atoms with Crippen LogP contribution in [0.1, 0.15) is 17.4 Å². The molecule has 82 valence electrons. The molecule has 6 heteroatoms. The van der Waals surface area contributed by atoms with Crippen LogP contribution in [0.15, 0.2) is 6.20 Å². The van der Waals surface area contributed by atoms with E-state index in [9.17, 15) is 0 Å². The summed E-state index contributed by atoms with van der Waals surface area (Å²) < 4.78 is 5.57. The number of rotatable bonds is 1. The highest BCUT2D eigenvalue weighted by molar-refractivity contribution is 5.85. The Balaban J connectivity index is 0.000000845. The van der Waals surface area contributed by atoms with Crippen molar-refractivity contribution in [3.8, 4) is 0 Å². The Labute approximate surface area is 95.6 Å². The topological polar surface area (TPSA) is 49.9 Å². The lowest BCUT2D eigenvalue weighted by atomic mass is 10.1. The summed E-state index contributed by atoms with van der Waals surface area (Å²) in [6.07, 6.45) is 1.98. The zero-order valence-electron chi connectivity index (χ0n) is 7.95. The summed E-state index contributed by atoms with van der Waals surface area (Å²) >= 11 is 0. The number of aryl methyl sites for hydroxylation is 1. The van der Waals surface area contributed by atoms with Gasteiger partial charge in [0.05, 0.1) is 18.5 Å². The maximum absolute atomic E-state index is 5.57. The molecule has 1 aromatic heterocycles. The van der Waals surface area contributed by atoms with Gasteiger partial charge in [0, 0.05) is 13.1 Å². The van der Waals surface area contributed by atoms with E-state index >= 15 is 0 Å². The summed E-state index contributed by atoms with van der Waals surface area (Å²) in [6.45, 7) is 4.65. The Hall–Kier alpha value is -0.290. The third-order valence-corrected chi connectivity index (χ3v) is 2.12. The molecule has 1 saturated heterocycles. The molecule has 0 aliphatic carbocycles. The van der Waals surface area contributed by atoms with E-state index in [1.807, 2.05) is 13.1 Å². The molecule has 1 aliphatic heterocycles. The van der Waals surface area contributed by atoms with Crippen LogP contribution in [-0.2, 0) is 4.74 Å². The average molecular weight is 240 g/mol. The van der Waals surface area contributed by atoms with Gasteiger partial charge in [-0.05, 0) is 12.5 Å². The first-order valence-electron chi connectivity index (χ1n) is 4.20. The molecule has 1 unspecified atom stereocenters. The Kier molecular flexibility index (Phi) is 6.11. The lowest BCUT2D eigenvalue weighted by molar-refractivity contribution is 0.0246. The fraction of sp³-hybridized carbons (Fsp3) is 0.625. The van der Waals surface area contributed by atoms with Crippen molar-refractivity contribution in [1.29, 1.82) is 0 Å². The number of H-pyrrole nitrogens is 1. The minimum Gasteiger partial charge on any atom is -0.369 e. The largest absolute Gasteiger partial charge is 0.369 e. The first kappa shape index (κ1) is 13.7. The second-order valence-corrected chi connectivity index (χ2v) is 3.03. The zero-order chi connectivity index (χ0) is 8.39. The summed E-state index contributed by atoms with van der Waals surface area (Å²) in [5.74, 6) is 0. The van der Waals surface area contributed by atoms with Crippen molar-refractivity contribution in [3.63, 3.8) is 0 Å². The second kappa shape index (κ2) is 6.24. The molecule has 1 fully saturated rings. The summed E-state index contributed by atoms with van der Waals surface area (Å²) in [5.41, 5.74) is 2.27. The first-order chi connectivity index (χ1) is 5.88. The SMILES string of the molecule is Cc1cn[nH]c1C1CNCCO1.Cl.Cl. The Morgan fingerprint density at radius 1 is 1.50 bits per heavy atom. The summed E-state index contributed by atoms with van der Waals surface area (Å²) in [7, 11) is 0. The molecule has 0 aromatic carbocycles. The Morgan fingerprint density at radius 2 is 2.29 bits per heavy atom. The van der Waals surface area contributed by atoms with Crippen molar-refractivity contribution >= 4 is 24.8 Å². The van der Waals surface area contributed by atoms with Gasteiger partial charge in [0.25, 0.3) is 0 Å². The fourth-order valence-electron chi connectivity index (χ4n) is 1.43. The number of aromatic nitrogens is 2. The van der Waals surface area contributed by atoms with Gasteiger partial charge in [-0.25, -0.2) is 0 Å². The molecule has 0 bridgehead atoms. The summed E-state index contributed by atoms with van der Waals surface area (Å²) in [6, 6.07) is 0. The number of nitrogens with zero attached hydrogens (tertiary/aromatic N) is 1.